The van der Waals surface area contributed by atoms with E-state index in [1.54, 1.807) is 30.3 Å². The van der Waals surface area contributed by atoms with Crippen molar-refractivity contribution in [3.8, 4) is 11.5 Å². The van der Waals surface area contributed by atoms with Crippen molar-refractivity contribution in [2.24, 2.45) is 0 Å². The highest BCUT2D eigenvalue weighted by Gasteiger charge is 2.14. The first-order chi connectivity index (χ1) is 12.5. The van der Waals surface area contributed by atoms with Crippen molar-refractivity contribution in [2.45, 2.75) is 20.3 Å². The van der Waals surface area contributed by atoms with Crippen molar-refractivity contribution in [3.05, 3.63) is 58.1 Å². The van der Waals surface area contributed by atoms with E-state index in [4.69, 9.17) is 9.47 Å². The molecule has 0 saturated carbocycles. The lowest BCUT2D eigenvalue weighted by molar-refractivity contribution is -0.123. The molecule has 6 nitrogen and oxygen atoms in total. The van der Waals surface area contributed by atoms with E-state index in [2.05, 4.69) is 33.7 Å². The molecule has 2 aromatic rings. The summed E-state index contributed by atoms with van der Waals surface area (Å²) in [5.74, 6) is 0.0882. The second-order valence-electron chi connectivity index (χ2n) is 5.36. The smallest absolute Gasteiger partial charge is 0.276 e. The van der Waals surface area contributed by atoms with Gasteiger partial charge in [-0.05, 0) is 49.2 Å². The first-order valence-corrected chi connectivity index (χ1v) is 9.06. The van der Waals surface area contributed by atoms with Crippen molar-refractivity contribution >= 4 is 27.7 Å². The van der Waals surface area contributed by atoms with Gasteiger partial charge in [-0.1, -0.05) is 35.0 Å². The van der Waals surface area contributed by atoms with E-state index in [1.807, 2.05) is 19.1 Å². The Morgan fingerprint density at radius 1 is 1.00 bits per heavy atom. The molecule has 0 aromatic heterocycles. The minimum absolute atomic E-state index is 0.206. The standard InChI is InChI=1S/C19H21BrN2O4/c1-3-13-5-8-15(9-6-13)26-12-18(23)21-22-19(24)16-11-14(20)7-10-17(16)25-4-2/h5-11H,3-4,12H2,1-2H3,(H,21,23)(H,22,24). The summed E-state index contributed by atoms with van der Waals surface area (Å²) in [5, 5.41) is 0. The Bertz CT molecular complexity index is 763. The zero-order chi connectivity index (χ0) is 18.9. The summed E-state index contributed by atoms with van der Waals surface area (Å²) in [6, 6.07) is 12.6. The second-order valence-corrected chi connectivity index (χ2v) is 6.28. The first kappa shape index (κ1) is 19.8. The SMILES string of the molecule is CCOc1ccc(Br)cc1C(=O)NNC(=O)COc1ccc(CC)cc1. The number of halogens is 1. The average Bonchev–Trinajstić information content (AvgIpc) is 2.66. The molecule has 0 spiro atoms. The van der Waals surface area contributed by atoms with E-state index >= 15 is 0 Å². The number of hydrogen-bond donors (Lipinski definition) is 2. The summed E-state index contributed by atoms with van der Waals surface area (Å²) in [6.07, 6.45) is 0.937. The molecular formula is C19H21BrN2O4. The number of carbonyl (C=O) groups is 2. The predicted molar refractivity (Wildman–Crippen MR) is 102 cm³/mol. The number of amides is 2. The molecule has 0 aliphatic heterocycles. The number of hydrazine groups is 1. The van der Waals surface area contributed by atoms with Crippen LogP contribution in [0.4, 0.5) is 0 Å². The lowest BCUT2D eigenvalue weighted by Crippen LogP contribution is -2.44. The van der Waals surface area contributed by atoms with Crippen LogP contribution >= 0.6 is 15.9 Å². The third-order valence-corrected chi connectivity index (χ3v) is 4.00. The zero-order valence-corrected chi connectivity index (χ0v) is 16.3. The van der Waals surface area contributed by atoms with Crippen LogP contribution in [-0.2, 0) is 11.2 Å². The fourth-order valence-electron chi connectivity index (χ4n) is 2.16. The Morgan fingerprint density at radius 2 is 1.73 bits per heavy atom. The molecule has 0 atom stereocenters. The maximum absolute atomic E-state index is 12.3. The van der Waals surface area contributed by atoms with Crippen molar-refractivity contribution < 1.29 is 19.1 Å². The Hall–Kier alpha value is -2.54. The van der Waals surface area contributed by atoms with Crippen molar-refractivity contribution in [3.63, 3.8) is 0 Å². The number of rotatable bonds is 7. The Kier molecular flexibility index (Phi) is 7.47. The lowest BCUT2D eigenvalue weighted by Gasteiger charge is -2.12. The number of nitrogens with one attached hydrogen (secondary N) is 2. The summed E-state index contributed by atoms with van der Waals surface area (Å²) in [7, 11) is 0. The van der Waals surface area contributed by atoms with Gasteiger partial charge in [-0.3, -0.25) is 20.4 Å². The van der Waals surface area contributed by atoms with Crippen molar-refractivity contribution in [1.82, 2.24) is 10.9 Å². The molecule has 0 radical (unpaired) electrons. The Balaban J connectivity index is 1.86. The van der Waals surface area contributed by atoms with Crippen LogP contribution in [0.1, 0.15) is 29.8 Å². The minimum Gasteiger partial charge on any atom is -0.493 e. The Labute approximate surface area is 161 Å². The van der Waals surface area contributed by atoms with Gasteiger partial charge in [0.05, 0.1) is 12.2 Å². The molecule has 26 heavy (non-hydrogen) atoms. The molecule has 138 valence electrons. The average molecular weight is 421 g/mol. The van der Waals surface area contributed by atoms with E-state index in [-0.39, 0.29) is 6.61 Å². The highest BCUT2D eigenvalue weighted by Crippen LogP contribution is 2.23. The molecule has 0 bridgehead atoms. The van der Waals surface area contributed by atoms with Gasteiger partial charge < -0.3 is 9.47 Å². The highest BCUT2D eigenvalue weighted by molar-refractivity contribution is 9.10. The van der Waals surface area contributed by atoms with Crippen LogP contribution in [-0.4, -0.2) is 25.0 Å². The molecule has 2 amide bonds. The molecule has 0 heterocycles. The van der Waals surface area contributed by atoms with Gasteiger partial charge in [0.2, 0.25) is 0 Å². The van der Waals surface area contributed by atoms with E-state index in [9.17, 15) is 9.59 Å². The topological polar surface area (TPSA) is 76.7 Å². The van der Waals surface area contributed by atoms with E-state index in [1.165, 1.54) is 5.56 Å². The molecule has 2 rings (SSSR count). The van der Waals surface area contributed by atoms with Gasteiger partial charge in [0.15, 0.2) is 6.61 Å². The molecule has 0 saturated heterocycles. The maximum Gasteiger partial charge on any atom is 0.276 e. The lowest BCUT2D eigenvalue weighted by atomic mass is 10.2. The normalized spacial score (nSPS) is 10.1. The molecule has 2 aromatic carbocycles. The van der Waals surface area contributed by atoms with Gasteiger partial charge in [0.1, 0.15) is 11.5 Å². The quantitative estimate of drug-likeness (QED) is 0.673. The molecule has 2 N–H and O–H groups in total. The molecule has 0 aliphatic carbocycles. The molecule has 0 aliphatic rings. The maximum atomic E-state index is 12.3. The molecule has 0 fully saturated rings. The summed E-state index contributed by atoms with van der Waals surface area (Å²) in [4.78, 5) is 24.1. The molecule has 0 unspecified atom stereocenters. The van der Waals surface area contributed by atoms with Crippen LogP contribution in [0, 0.1) is 0 Å². The van der Waals surface area contributed by atoms with Crippen molar-refractivity contribution in [2.75, 3.05) is 13.2 Å². The summed E-state index contributed by atoms with van der Waals surface area (Å²) in [6.45, 7) is 4.12. The monoisotopic (exact) mass is 420 g/mol. The summed E-state index contributed by atoms with van der Waals surface area (Å²) < 4.78 is 11.5. The van der Waals surface area contributed by atoms with E-state index in [0.717, 1.165) is 10.9 Å². The summed E-state index contributed by atoms with van der Waals surface area (Å²) >= 11 is 3.31. The summed E-state index contributed by atoms with van der Waals surface area (Å²) in [5.41, 5.74) is 6.19. The van der Waals surface area contributed by atoms with Gasteiger partial charge in [-0.2, -0.15) is 0 Å². The number of hydrogen-bond acceptors (Lipinski definition) is 4. The van der Waals surface area contributed by atoms with Crippen LogP contribution < -0.4 is 20.3 Å². The van der Waals surface area contributed by atoms with Crippen LogP contribution in [0.3, 0.4) is 0 Å². The van der Waals surface area contributed by atoms with Gasteiger partial charge in [-0.15, -0.1) is 0 Å². The van der Waals surface area contributed by atoms with Gasteiger partial charge in [0, 0.05) is 4.47 Å². The third kappa shape index (κ3) is 5.77. The first-order valence-electron chi connectivity index (χ1n) is 8.26. The van der Waals surface area contributed by atoms with Crippen LogP contribution in [0.15, 0.2) is 46.9 Å². The largest absolute Gasteiger partial charge is 0.493 e. The van der Waals surface area contributed by atoms with Crippen LogP contribution in [0.2, 0.25) is 0 Å². The fraction of sp³-hybridized carbons (Fsp3) is 0.263. The Morgan fingerprint density at radius 3 is 2.38 bits per heavy atom. The number of carbonyl (C=O) groups excluding carboxylic acids is 2. The molecule has 7 heteroatoms. The zero-order valence-electron chi connectivity index (χ0n) is 14.7. The highest BCUT2D eigenvalue weighted by atomic mass is 79.9. The predicted octanol–water partition coefficient (Wildman–Crippen LogP) is 3.25. The number of benzene rings is 2. The molecular weight excluding hydrogens is 400 g/mol. The third-order valence-electron chi connectivity index (χ3n) is 3.50. The number of aryl methyl sites for hydroxylation is 1. The van der Waals surface area contributed by atoms with Gasteiger partial charge in [0.25, 0.3) is 11.8 Å². The minimum atomic E-state index is -0.476. The van der Waals surface area contributed by atoms with E-state index in [0.29, 0.717) is 23.7 Å². The van der Waals surface area contributed by atoms with Gasteiger partial charge >= 0.3 is 0 Å². The van der Waals surface area contributed by atoms with Gasteiger partial charge in [-0.25, -0.2) is 0 Å². The number of ether oxygens (including phenoxy) is 2. The van der Waals surface area contributed by atoms with Crippen LogP contribution in [0.25, 0.3) is 0 Å². The van der Waals surface area contributed by atoms with Crippen LogP contribution in [0.5, 0.6) is 11.5 Å². The van der Waals surface area contributed by atoms with E-state index < -0.39 is 11.8 Å². The van der Waals surface area contributed by atoms with Crippen molar-refractivity contribution in [1.29, 1.82) is 0 Å². The second kappa shape index (κ2) is 9.82. The fourth-order valence-corrected chi connectivity index (χ4v) is 2.52.